The van der Waals surface area contributed by atoms with E-state index < -0.39 is 12.8 Å². The molecule has 1 N–H and O–H groups in total. The number of hydrogen-bond donors (Lipinski definition) is 1. The first-order chi connectivity index (χ1) is 7.47. The highest BCUT2D eigenvalue weighted by Crippen LogP contribution is 2.13. The Bertz CT molecular complexity index is 314. The third-order valence-corrected chi connectivity index (χ3v) is 1.53. The van der Waals surface area contributed by atoms with Crippen LogP contribution in [-0.4, -0.2) is 36.1 Å². The number of halogens is 3. The topological polar surface area (TPSA) is 60.2 Å². The molecule has 0 amide bonds. The lowest BCUT2D eigenvalue weighted by Crippen LogP contribution is -2.23. The molecule has 0 aromatic carbocycles. The standard InChI is InChI=1S/C8H12F3N3O2/c1-6-13-7(16-14-6)4-12-2-3-15-5-8(9,10)11/h12H,2-5H2,1H3. The molecule has 16 heavy (non-hydrogen) atoms. The summed E-state index contributed by atoms with van der Waals surface area (Å²) < 4.78 is 44.1. The van der Waals surface area contributed by atoms with Gasteiger partial charge in [-0.15, -0.1) is 0 Å². The number of rotatable bonds is 6. The van der Waals surface area contributed by atoms with Gasteiger partial charge in [-0.3, -0.25) is 0 Å². The van der Waals surface area contributed by atoms with Crippen LogP contribution in [0, 0.1) is 6.92 Å². The van der Waals surface area contributed by atoms with Crippen molar-refractivity contribution in [2.75, 3.05) is 19.8 Å². The normalized spacial score (nSPS) is 12.0. The van der Waals surface area contributed by atoms with Crippen LogP contribution in [0.4, 0.5) is 13.2 Å². The summed E-state index contributed by atoms with van der Waals surface area (Å²) in [5.74, 6) is 0.915. The predicted octanol–water partition coefficient (Wildman–Crippen LogP) is 1.05. The second-order valence-electron chi connectivity index (χ2n) is 3.08. The first-order valence-corrected chi connectivity index (χ1v) is 4.62. The van der Waals surface area contributed by atoms with Crippen LogP contribution in [0.2, 0.25) is 0 Å². The van der Waals surface area contributed by atoms with Crippen molar-refractivity contribution in [1.82, 2.24) is 15.5 Å². The zero-order valence-corrected chi connectivity index (χ0v) is 8.67. The fourth-order valence-corrected chi connectivity index (χ4v) is 0.939. The van der Waals surface area contributed by atoms with Crippen molar-refractivity contribution in [3.8, 4) is 0 Å². The lowest BCUT2D eigenvalue weighted by molar-refractivity contribution is -0.173. The second kappa shape index (κ2) is 5.80. The van der Waals surface area contributed by atoms with Gasteiger partial charge in [-0.1, -0.05) is 5.16 Å². The zero-order chi connectivity index (χ0) is 12.0. The number of ether oxygens (including phenoxy) is 1. The number of aryl methyl sites for hydroxylation is 1. The molecule has 0 bridgehead atoms. The van der Waals surface area contributed by atoms with E-state index in [0.717, 1.165) is 0 Å². The Labute approximate surface area is 90.0 Å². The molecule has 0 fully saturated rings. The molecule has 1 aromatic rings. The average Bonchev–Trinajstić information content (AvgIpc) is 2.56. The van der Waals surface area contributed by atoms with Crippen LogP contribution < -0.4 is 5.32 Å². The third kappa shape index (κ3) is 5.66. The summed E-state index contributed by atoms with van der Waals surface area (Å²) in [6.45, 7) is 1.04. The van der Waals surface area contributed by atoms with E-state index in [4.69, 9.17) is 4.52 Å². The number of hydrogen-bond acceptors (Lipinski definition) is 5. The van der Waals surface area contributed by atoms with Gasteiger partial charge in [-0.2, -0.15) is 18.2 Å². The minimum absolute atomic E-state index is 0.0212. The molecule has 8 heteroatoms. The summed E-state index contributed by atoms with van der Waals surface area (Å²) in [7, 11) is 0. The Morgan fingerprint density at radius 3 is 2.75 bits per heavy atom. The van der Waals surface area contributed by atoms with Crippen LogP contribution >= 0.6 is 0 Å². The monoisotopic (exact) mass is 239 g/mol. The number of alkyl halides is 3. The van der Waals surface area contributed by atoms with Crippen molar-refractivity contribution in [1.29, 1.82) is 0 Å². The van der Waals surface area contributed by atoms with Crippen LogP contribution in [0.1, 0.15) is 11.7 Å². The molecule has 0 saturated carbocycles. The second-order valence-corrected chi connectivity index (χ2v) is 3.08. The van der Waals surface area contributed by atoms with Crippen LogP contribution in [0.5, 0.6) is 0 Å². The predicted molar refractivity (Wildman–Crippen MR) is 47.6 cm³/mol. The Morgan fingerprint density at radius 2 is 2.19 bits per heavy atom. The van der Waals surface area contributed by atoms with E-state index in [1.54, 1.807) is 6.92 Å². The van der Waals surface area contributed by atoms with Crippen LogP contribution in [-0.2, 0) is 11.3 Å². The number of nitrogens with zero attached hydrogens (tertiary/aromatic N) is 2. The Kier molecular flexibility index (Phi) is 4.69. The lowest BCUT2D eigenvalue weighted by Gasteiger charge is -2.07. The molecule has 1 heterocycles. The summed E-state index contributed by atoms with van der Waals surface area (Å²) >= 11 is 0. The Balaban J connectivity index is 2.00. The summed E-state index contributed by atoms with van der Waals surface area (Å²) in [6.07, 6.45) is -4.27. The minimum atomic E-state index is -4.27. The largest absolute Gasteiger partial charge is 0.411 e. The lowest BCUT2D eigenvalue weighted by atomic mass is 10.5. The van der Waals surface area contributed by atoms with Gasteiger partial charge >= 0.3 is 6.18 Å². The molecule has 0 atom stereocenters. The van der Waals surface area contributed by atoms with Gasteiger partial charge < -0.3 is 14.6 Å². The Morgan fingerprint density at radius 1 is 1.44 bits per heavy atom. The van der Waals surface area contributed by atoms with Crippen molar-refractivity contribution < 1.29 is 22.4 Å². The highest BCUT2D eigenvalue weighted by Gasteiger charge is 2.27. The van der Waals surface area contributed by atoms with E-state index >= 15 is 0 Å². The maximum atomic E-state index is 11.7. The van der Waals surface area contributed by atoms with Gasteiger partial charge in [0.25, 0.3) is 0 Å². The number of aromatic nitrogens is 2. The maximum absolute atomic E-state index is 11.7. The molecule has 0 aliphatic rings. The van der Waals surface area contributed by atoms with Gasteiger partial charge in [0.1, 0.15) is 6.61 Å². The smallest absolute Gasteiger partial charge is 0.371 e. The highest BCUT2D eigenvalue weighted by atomic mass is 19.4. The van der Waals surface area contributed by atoms with E-state index in [1.807, 2.05) is 0 Å². The zero-order valence-electron chi connectivity index (χ0n) is 8.67. The molecule has 92 valence electrons. The summed E-state index contributed by atoms with van der Waals surface area (Å²) in [6, 6.07) is 0. The van der Waals surface area contributed by atoms with Gasteiger partial charge in [-0.05, 0) is 6.92 Å². The van der Waals surface area contributed by atoms with Crippen molar-refractivity contribution >= 4 is 0 Å². The maximum Gasteiger partial charge on any atom is 0.411 e. The summed E-state index contributed by atoms with van der Waals surface area (Å²) in [5.41, 5.74) is 0. The molecule has 0 spiro atoms. The van der Waals surface area contributed by atoms with E-state index in [1.165, 1.54) is 0 Å². The SMILES string of the molecule is Cc1noc(CNCCOCC(F)(F)F)n1. The van der Waals surface area contributed by atoms with Crippen LogP contribution in [0.3, 0.4) is 0 Å². The van der Waals surface area contributed by atoms with Crippen molar-refractivity contribution in [3.05, 3.63) is 11.7 Å². The first-order valence-electron chi connectivity index (χ1n) is 4.62. The molecule has 0 aliphatic heterocycles. The third-order valence-electron chi connectivity index (χ3n) is 1.53. The molecule has 0 radical (unpaired) electrons. The van der Waals surface area contributed by atoms with Gasteiger partial charge in [0.2, 0.25) is 5.89 Å². The van der Waals surface area contributed by atoms with E-state index in [0.29, 0.717) is 18.3 Å². The molecule has 0 aliphatic carbocycles. The van der Waals surface area contributed by atoms with Gasteiger partial charge in [-0.25, -0.2) is 0 Å². The van der Waals surface area contributed by atoms with Crippen LogP contribution in [0.15, 0.2) is 4.52 Å². The average molecular weight is 239 g/mol. The first kappa shape index (κ1) is 12.9. The fraction of sp³-hybridized carbons (Fsp3) is 0.750. The molecule has 1 aromatic heterocycles. The molecule has 0 unspecified atom stereocenters. The summed E-state index contributed by atoms with van der Waals surface area (Å²) in [4.78, 5) is 3.91. The van der Waals surface area contributed by atoms with Gasteiger partial charge in [0.05, 0.1) is 13.2 Å². The van der Waals surface area contributed by atoms with Crippen molar-refractivity contribution in [3.63, 3.8) is 0 Å². The quantitative estimate of drug-likeness (QED) is 0.752. The highest BCUT2D eigenvalue weighted by molar-refractivity contribution is 4.81. The molecule has 5 nitrogen and oxygen atoms in total. The number of nitrogens with one attached hydrogen (secondary N) is 1. The molecular formula is C8H12F3N3O2. The van der Waals surface area contributed by atoms with Crippen LogP contribution in [0.25, 0.3) is 0 Å². The summed E-state index contributed by atoms with van der Waals surface area (Å²) in [5, 5.41) is 6.37. The van der Waals surface area contributed by atoms with E-state index in [-0.39, 0.29) is 13.2 Å². The Hall–Kier alpha value is -1.15. The van der Waals surface area contributed by atoms with Gasteiger partial charge in [0.15, 0.2) is 5.82 Å². The fourth-order valence-electron chi connectivity index (χ4n) is 0.939. The van der Waals surface area contributed by atoms with Gasteiger partial charge in [0, 0.05) is 6.54 Å². The minimum Gasteiger partial charge on any atom is -0.371 e. The molecular weight excluding hydrogens is 227 g/mol. The molecule has 0 saturated heterocycles. The van der Waals surface area contributed by atoms with E-state index in [2.05, 4.69) is 20.2 Å². The van der Waals surface area contributed by atoms with Crippen molar-refractivity contribution in [2.24, 2.45) is 0 Å². The van der Waals surface area contributed by atoms with Crippen molar-refractivity contribution in [2.45, 2.75) is 19.6 Å². The van der Waals surface area contributed by atoms with E-state index in [9.17, 15) is 13.2 Å². The molecule has 1 rings (SSSR count).